The van der Waals surface area contributed by atoms with Crippen molar-refractivity contribution in [3.63, 3.8) is 0 Å². The lowest BCUT2D eigenvalue weighted by molar-refractivity contribution is 0.177. The topological polar surface area (TPSA) is 98.7 Å². The van der Waals surface area contributed by atoms with Gasteiger partial charge in [0.25, 0.3) is 0 Å². The number of amides is 1. The van der Waals surface area contributed by atoms with Crippen LogP contribution in [0.2, 0.25) is 0 Å². The molecule has 1 amide bonds. The summed E-state index contributed by atoms with van der Waals surface area (Å²) < 4.78 is 16.3. The molecule has 1 fully saturated rings. The molecule has 0 radical (unpaired) electrons. The third kappa shape index (κ3) is 5.14. The molecule has 33 heavy (non-hydrogen) atoms. The van der Waals surface area contributed by atoms with Gasteiger partial charge in [0, 0.05) is 0 Å². The molecule has 172 valence electrons. The highest BCUT2D eigenvalue weighted by atomic mass is 16.6. The molecule has 9 heteroatoms. The number of methoxy groups -OCH3 is 1. The van der Waals surface area contributed by atoms with E-state index in [1.165, 1.54) is 12.0 Å². The van der Waals surface area contributed by atoms with Crippen LogP contribution in [0.4, 0.5) is 16.7 Å². The van der Waals surface area contributed by atoms with Gasteiger partial charge in [-0.2, -0.15) is 15.0 Å². The number of carbonyl (C=O) groups excluding carboxylic acids is 1. The highest BCUT2D eigenvalue weighted by Gasteiger charge is 2.38. The van der Waals surface area contributed by atoms with Gasteiger partial charge >= 0.3 is 12.1 Å². The summed E-state index contributed by atoms with van der Waals surface area (Å²) in [5.74, 6) is 2.20. The zero-order valence-electron chi connectivity index (χ0n) is 19.1. The van der Waals surface area contributed by atoms with Crippen molar-refractivity contribution in [3.05, 3.63) is 60.2 Å². The van der Waals surface area contributed by atoms with Gasteiger partial charge in [0.1, 0.15) is 18.1 Å². The third-order valence-electron chi connectivity index (χ3n) is 5.38. The Morgan fingerprint density at radius 1 is 1.00 bits per heavy atom. The molecule has 0 saturated carbocycles. The lowest BCUT2D eigenvalue weighted by Gasteiger charge is -2.23. The van der Waals surface area contributed by atoms with Crippen molar-refractivity contribution >= 4 is 18.0 Å². The van der Waals surface area contributed by atoms with Crippen molar-refractivity contribution in [1.82, 2.24) is 15.0 Å². The monoisotopic (exact) mass is 449 g/mol. The molecule has 2 heterocycles. The van der Waals surface area contributed by atoms with Gasteiger partial charge in [0.15, 0.2) is 0 Å². The number of rotatable bonds is 8. The number of para-hydroxylation sites is 1. The highest BCUT2D eigenvalue weighted by Crippen LogP contribution is 2.28. The van der Waals surface area contributed by atoms with Crippen LogP contribution >= 0.6 is 0 Å². The predicted octanol–water partition coefficient (Wildman–Crippen LogP) is 4.83. The fraction of sp³-hybridized carbons (Fsp3) is 0.333. The van der Waals surface area contributed by atoms with E-state index in [2.05, 4.69) is 20.3 Å². The fourth-order valence-electron chi connectivity index (χ4n) is 3.49. The number of carbonyl (C=O) groups is 1. The van der Waals surface area contributed by atoms with Gasteiger partial charge in [-0.15, -0.1) is 0 Å². The maximum absolute atomic E-state index is 12.3. The summed E-state index contributed by atoms with van der Waals surface area (Å²) in [5.41, 5.74) is 1.01. The number of nitrogens with one attached hydrogen (secondary N) is 1. The molecule has 2 atom stereocenters. The lowest BCUT2D eigenvalue weighted by Crippen LogP contribution is -2.38. The molecule has 1 aliphatic rings. The Labute approximate surface area is 192 Å². The summed E-state index contributed by atoms with van der Waals surface area (Å²) in [6, 6.07) is 17.2. The van der Waals surface area contributed by atoms with Crippen LogP contribution in [-0.4, -0.2) is 40.8 Å². The number of aromatic nitrogens is 3. The van der Waals surface area contributed by atoms with Gasteiger partial charge in [0.2, 0.25) is 11.9 Å². The molecule has 9 nitrogen and oxygen atoms in total. The standard InChI is InChI=1S/C24H27N5O4/c1-15(2)20-14-32-24(30)29(20)22-26-21(27-23(28-22)31-4)25-16(3)17-10-12-19(13-11-17)33-18-8-6-5-7-9-18/h5-13,15-16,20H,14H2,1-4H3,(H,25,26,27,28)/t16-,20+/m0/s1. The van der Waals surface area contributed by atoms with E-state index in [1.54, 1.807) is 0 Å². The van der Waals surface area contributed by atoms with E-state index in [9.17, 15) is 4.79 Å². The molecule has 0 unspecified atom stereocenters. The van der Waals surface area contributed by atoms with Crippen molar-refractivity contribution in [2.24, 2.45) is 5.92 Å². The molecular formula is C24H27N5O4. The lowest BCUT2D eigenvalue weighted by atomic mass is 10.1. The smallest absolute Gasteiger partial charge is 0.417 e. The number of anilines is 2. The number of hydrogen-bond acceptors (Lipinski definition) is 8. The SMILES string of the molecule is COc1nc(N[C@@H](C)c2ccc(Oc3ccccc3)cc2)nc(N2C(=O)OC[C@@H]2C(C)C)n1. The van der Waals surface area contributed by atoms with E-state index in [0.29, 0.717) is 12.6 Å². The summed E-state index contributed by atoms with van der Waals surface area (Å²) in [5, 5.41) is 3.26. The van der Waals surface area contributed by atoms with Crippen LogP contribution in [0.1, 0.15) is 32.4 Å². The van der Waals surface area contributed by atoms with E-state index in [4.69, 9.17) is 14.2 Å². The fourth-order valence-corrected chi connectivity index (χ4v) is 3.49. The summed E-state index contributed by atoms with van der Waals surface area (Å²) in [7, 11) is 1.47. The first-order chi connectivity index (χ1) is 15.9. The number of benzene rings is 2. The van der Waals surface area contributed by atoms with Gasteiger partial charge in [-0.1, -0.05) is 44.2 Å². The number of cyclic esters (lactones) is 1. The van der Waals surface area contributed by atoms with E-state index >= 15 is 0 Å². The first kappa shape index (κ1) is 22.3. The molecule has 1 N–H and O–H groups in total. The molecule has 1 saturated heterocycles. The van der Waals surface area contributed by atoms with Gasteiger partial charge in [0.05, 0.1) is 19.2 Å². The van der Waals surface area contributed by atoms with E-state index < -0.39 is 6.09 Å². The minimum absolute atomic E-state index is 0.114. The van der Waals surface area contributed by atoms with E-state index in [-0.39, 0.29) is 30.0 Å². The largest absolute Gasteiger partial charge is 0.467 e. The normalized spacial score (nSPS) is 16.5. The molecule has 2 aromatic carbocycles. The highest BCUT2D eigenvalue weighted by molar-refractivity contribution is 5.88. The second-order valence-electron chi connectivity index (χ2n) is 8.05. The van der Waals surface area contributed by atoms with Crippen LogP contribution in [-0.2, 0) is 4.74 Å². The van der Waals surface area contributed by atoms with Crippen LogP contribution in [0.3, 0.4) is 0 Å². The van der Waals surface area contributed by atoms with E-state index in [1.807, 2.05) is 75.4 Å². The Balaban J connectivity index is 1.51. The minimum atomic E-state index is -0.477. The maximum atomic E-state index is 12.3. The molecule has 0 bridgehead atoms. The predicted molar refractivity (Wildman–Crippen MR) is 124 cm³/mol. The number of hydrogen-bond donors (Lipinski definition) is 1. The maximum Gasteiger partial charge on any atom is 0.417 e. The zero-order chi connectivity index (χ0) is 23.4. The van der Waals surface area contributed by atoms with Crippen molar-refractivity contribution in [2.45, 2.75) is 32.9 Å². The van der Waals surface area contributed by atoms with Gasteiger partial charge in [-0.25, -0.2) is 9.69 Å². The number of nitrogens with zero attached hydrogens (tertiary/aromatic N) is 4. The summed E-state index contributed by atoms with van der Waals surface area (Å²) in [4.78, 5) is 26.8. The first-order valence-electron chi connectivity index (χ1n) is 10.8. The Kier molecular flexibility index (Phi) is 6.58. The molecule has 3 aromatic rings. The molecule has 1 aromatic heterocycles. The average molecular weight is 450 g/mol. The molecule has 0 aliphatic carbocycles. The van der Waals surface area contributed by atoms with Gasteiger partial charge in [-0.3, -0.25) is 0 Å². The van der Waals surface area contributed by atoms with Crippen LogP contribution in [0.15, 0.2) is 54.6 Å². The van der Waals surface area contributed by atoms with Crippen molar-refractivity contribution in [1.29, 1.82) is 0 Å². The minimum Gasteiger partial charge on any atom is -0.467 e. The van der Waals surface area contributed by atoms with Gasteiger partial charge in [-0.05, 0) is 42.7 Å². The Bertz CT molecular complexity index is 1090. The molecule has 0 spiro atoms. The second kappa shape index (κ2) is 9.72. The van der Waals surface area contributed by atoms with Crippen LogP contribution in [0, 0.1) is 5.92 Å². The van der Waals surface area contributed by atoms with Crippen LogP contribution < -0.4 is 19.7 Å². The van der Waals surface area contributed by atoms with Crippen molar-refractivity contribution in [3.8, 4) is 17.5 Å². The Morgan fingerprint density at radius 3 is 2.36 bits per heavy atom. The van der Waals surface area contributed by atoms with Crippen molar-refractivity contribution in [2.75, 3.05) is 23.9 Å². The average Bonchev–Trinajstić information content (AvgIpc) is 3.21. The molecule has 1 aliphatic heterocycles. The Hall–Kier alpha value is -3.88. The second-order valence-corrected chi connectivity index (χ2v) is 8.05. The van der Waals surface area contributed by atoms with Crippen LogP contribution in [0.5, 0.6) is 17.5 Å². The number of ether oxygens (including phenoxy) is 3. The molecular weight excluding hydrogens is 422 g/mol. The third-order valence-corrected chi connectivity index (χ3v) is 5.38. The van der Waals surface area contributed by atoms with Crippen LogP contribution in [0.25, 0.3) is 0 Å². The zero-order valence-corrected chi connectivity index (χ0v) is 19.1. The quantitative estimate of drug-likeness (QED) is 0.522. The summed E-state index contributed by atoms with van der Waals surface area (Å²) in [6.07, 6.45) is -0.477. The molecule has 4 rings (SSSR count). The summed E-state index contributed by atoms with van der Waals surface area (Å²) in [6.45, 7) is 6.32. The first-order valence-corrected chi connectivity index (χ1v) is 10.8. The Morgan fingerprint density at radius 2 is 1.70 bits per heavy atom. The van der Waals surface area contributed by atoms with Gasteiger partial charge < -0.3 is 19.5 Å². The summed E-state index contributed by atoms with van der Waals surface area (Å²) >= 11 is 0. The van der Waals surface area contributed by atoms with Crippen molar-refractivity contribution < 1.29 is 19.0 Å². The van der Waals surface area contributed by atoms with E-state index in [0.717, 1.165) is 17.1 Å².